The second kappa shape index (κ2) is 4.23. The van der Waals surface area contributed by atoms with Gasteiger partial charge in [-0.15, -0.1) is 5.10 Å². The Hall–Kier alpha value is -1.39. The number of rotatable bonds is 2. The molecule has 2 aromatic rings. The number of aromatic nitrogens is 3. The lowest BCUT2D eigenvalue weighted by Gasteiger charge is -2.04. The van der Waals surface area contributed by atoms with E-state index in [1.807, 2.05) is 12.1 Å². The van der Waals surface area contributed by atoms with Crippen molar-refractivity contribution < 1.29 is 5.11 Å². The largest absolute Gasteiger partial charge is 0.372 e. The van der Waals surface area contributed by atoms with Gasteiger partial charge in [0.25, 0.3) is 0 Å². The number of hydrogen-bond donors (Lipinski definition) is 1. The van der Waals surface area contributed by atoms with Gasteiger partial charge in [0, 0.05) is 10.6 Å². The van der Waals surface area contributed by atoms with Gasteiger partial charge in [-0.2, -0.15) is 0 Å². The van der Waals surface area contributed by atoms with Crippen LogP contribution in [0.2, 0.25) is 5.02 Å². The number of nitrogens with zero attached hydrogens (tertiary/aromatic N) is 3. The molecule has 1 atom stereocenters. The van der Waals surface area contributed by atoms with Gasteiger partial charge in [-0.1, -0.05) is 11.6 Å². The first kappa shape index (κ1) is 11.1. The summed E-state index contributed by atoms with van der Waals surface area (Å²) >= 11 is 5.80. The molecule has 2 rings (SSSR count). The maximum Gasteiger partial charge on any atom is 0.181 e. The standard InChI is InChI=1S/C11H12ClN3O/c1-7-13-11(14-15(7)8(2)16)9-3-5-10(12)6-4-9/h3-6,8,16H,1-2H3. The van der Waals surface area contributed by atoms with E-state index in [9.17, 15) is 5.11 Å². The average Bonchev–Trinajstić information content (AvgIpc) is 2.61. The second-order valence-corrected chi connectivity index (χ2v) is 4.00. The molecule has 0 radical (unpaired) electrons. The van der Waals surface area contributed by atoms with E-state index < -0.39 is 6.23 Å². The Labute approximate surface area is 98.5 Å². The fourth-order valence-electron chi connectivity index (χ4n) is 1.48. The Morgan fingerprint density at radius 1 is 1.31 bits per heavy atom. The number of aliphatic hydroxyl groups is 1. The van der Waals surface area contributed by atoms with Crippen LogP contribution in [0.5, 0.6) is 0 Å². The van der Waals surface area contributed by atoms with E-state index in [1.165, 1.54) is 4.68 Å². The molecule has 0 bridgehead atoms. The fraction of sp³-hybridized carbons (Fsp3) is 0.273. The number of halogens is 1. The number of hydrogen-bond acceptors (Lipinski definition) is 3. The molecule has 1 N–H and O–H groups in total. The molecular formula is C11H12ClN3O. The lowest BCUT2D eigenvalue weighted by molar-refractivity contribution is 0.108. The van der Waals surface area contributed by atoms with E-state index >= 15 is 0 Å². The number of aliphatic hydroxyl groups excluding tert-OH is 1. The van der Waals surface area contributed by atoms with Gasteiger partial charge in [0.1, 0.15) is 12.1 Å². The van der Waals surface area contributed by atoms with Gasteiger partial charge < -0.3 is 5.11 Å². The van der Waals surface area contributed by atoms with Gasteiger partial charge >= 0.3 is 0 Å². The average molecular weight is 238 g/mol. The van der Waals surface area contributed by atoms with Crippen molar-refractivity contribution in [3.8, 4) is 11.4 Å². The summed E-state index contributed by atoms with van der Waals surface area (Å²) in [5.41, 5.74) is 0.881. The zero-order valence-electron chi connectivity index (χ0n) is 9.05. The molecule has 1 heterocycles. The summed E-state index contributed by atoms with van der Waals surface area (Å²) < 4.78 is 1.48. The number of aryl methyl sites for hydroxylation is 1. The number of benzene rings is 1. The Morgan fingerprint density at radius 2 is 1.94 bits per heavy atom. The Kier molecular flexibility index (Phi) is 2.94. The molecule has 4 nitrogen and oxygen atoms in total. The van der Waals surface area contributed by atoms with Gasteiger partial charge in [0.2, 0.25) is 0 Å². The second-order valence-electron chi connectivity index (χ2n) is 3.57. The minimum atomic E-state index is -0.673. The van der Waals surface area contributed by atoms with Crippen LogP contribution in [0.3, 0.4) is 0 Å². The predicted octanol–water partition coefficient (Wildman–Crippen LogP) is 2.42. The molecule has 16 heavy (non-hydrogen) atoms. The van der Waals surface area contributed by atoms with Crippen LogP contribution >= 0.6 is 11.6 Å². The first-order valence-corrected chi connectivity index (χ1v) is 5.33. The van der Waals surface area contributed by atoms with Crippen LogP contribution in [0.1, 0.15) is 19.0 Å². The Bertz CT molecular complexity index is 490. The van der Waals surface area contributed by atoms with E-state index in [0.717, 1.165) is 5.56 Å². The molecular weight excluding hydrogens is 226 g/mol. The quantitative estimate of drug-likeness (QED) is 0.873. The summed E-state index contributed by atoms with van der Waals surface area (Å²) in [7, 11) is 0. The molecule has 84 valence electrons. The van der Waals surface area contributed by atoms with Crippen LogP contribution in [-0.2, 0) is 0 Å². The summed E-state index contributed by atoms with van der Waals surface area (Å²) in [6, 6.07) is 7.28. The molecule has 0 aliphatic heterocycles. The van der Waals surface area contributed by atoms with Crippen molar-refractivity contribution >= 4 is 11.6 Å². The highest BCUT2D eigenvalue weighted by atomic mass is 35.5. The van der Waals surface area contributed by atoms with E-state index in [1.54, 1.807) is 26.0 Å². The third-order valence-electron chi connectivity index (χ3n) is 2.26. The fourth-order valence-corrected chi connectivity index (χ4v) is 1.60. The molecule has 0 aliphatic rings. The molecule has 0 aliphatic carbocycles. The van der Waals surface area contributed by atoms with E-state index in [2.05, 4.69) is 10.1 Å². The summed E-state index contributed by atoms with van der Waals surface area (Å²) in [4.78, 5) is 4.28. The monoisotopic (exact) mass is 237 g/mol. The zero-order chi connectivity index (χ0) is 11.7. The van der Waals surface area contributed by atoms with Crippen molar-refractivity contribution in [3.05, 3.63) is 35.1 Å². The SMILES string of the molecule is Cc1nc(-c2ccc(Cl)cc2)nn1C(C)O. The van der Waals surface area contributed by atoms with Crippen molar-refractivity contribution in [1.29, 1.82) is 0 Å². The molecule has 0 saturated heterocycles. The first-order valence-electron chi connectivity index (χ1n) is 4.95. The highest BCUT2D eigenvalue weighted by Crippen LogP contribution is 2.19. The summed E-state index contributed by atoms with van der Waals surface area (Å²) in [5.74, 6) is 1.27. The topological polar surface area (TPSA) is 50.9 Å². The van der Waals surface area contributed by atoms with Crippen LogP contribution in [0.15, 0.2) is 24.3 Å². The summed E-state index contributed by atoms with van der Waals surface area (Å²) in [6.45, 7) is 3.45. The van der Waals surface area contributed by atoms with Gasteiger partial charge in [-0.3, -0.25) is 0 Å². The lowest BCUT2D eigenvalue weighted by Crippen LogP contribution is -2.07. The van der Waals surface area contributed by atoms with E-state index in [4.69, 9.17) is 11.6 Å². The van der Waals surface area contributed by atoms with Crippen LogP contribution < -0.4 is 0 Å². The molecule has 5 heteroatoms. The van der Waals surface area contributed by atoms with Crippen molar-refractivity contribution in [2.45, 2.75) is 20.1 Å². The maximum atomic E-state index is 9.45. The van der Waals surface area contributed by atoms with Crippen molar-refractivity contribution in [3.63, 3.8) is 0 Å². The minimum Gasteiger partial charge on any atom is -0.372 e. The van der Waals surface area contributed by atoms with Gasteiger partial charge in [-0.25, -0.2) is 9.67 Å². The van der Waals surface area contributed by atoms with Gasteiger partial charge in [-0.05, 0) is 38.1 Å². The highest BCUT2D eigenvalue weighted by Gasteiger charge is 2.10. The molecule has 0 saturated carbocycles. The van der Waals surface area contributed by atoms with Gasteiger partial charge in [0.05, 0.1) is 0 Å². The minimum absolute atomic E-state index is 0.593. The molecule has 0 spiro atoms. The van der Waals surface area contributed by atoms with Crippen LogP contribution in [0.4, 0.5) is 0 Å². The third-order valence-corrected chi connectivity index (χ3v) is 2.51. The maximum absolute atomic E-state index is 9.45. The van der Waals surface area contributed by atoms with Crippen LogP contribution in [-0.4, -0.2) is 19.9 Å². The Morgan fingerprint density at radius 3 is 2.44 bits per heavy atom. The smallest absolute Gasteiger partial charge is 0.181 e. The van der Waals surface area contributed by atoms with Crippen molar-refractivity contribution in [2.75, 3.05) is 0 Å². The van der Waals surface area contributed by atoms with E-state index in [-0.39, 0.29) is 0 Å². The van der Waals surface area contributed by atoms with E-state index in [0.29, 0.717) is 16.7 Å². The molecule has 1 aromatic carbocycles. The highest BCUT2D eigenvalue weighted by molar-refractivity contribution is 6.30. The van der Waals surface area contributed by atoms with Crippen LogP contribution in [0.25, 0.3) is 11.4 Å². The zero-order valence-corrected chi connectivity index (χ0v) is 9.81. The van der Waals surface area contributed by atoms with Crippen molar-refractivity contribution in [1.82, 2.24) is 14.8 Å². The molecule has 0 amide bonds. The van der Waals surface area contributed by atoms with Crippen molar-refractivity contribution in [2.24, 2.45) is 0 Å². The summed E-state index contributed by atoms with van der Waals surface area (Å²) in [5, 5.41) is 14.3. The molecule has 1 aromatic heterocycles. The Balaban J connectivity index is 2.41. The normalized spacial score (nSPS) is 12.8. The van der Waals surface area contributed by atoms with Crippen LogP contribution in [0, 0.1) is 6.92 Å². The predicted molar refractivity (Wildman–Crippen MR) is 62.1 cm³/mol. The molecule has 1 unspecified atom stereocenters. The summed E-state index contributed by atoms with van der Waals surface area (Å²) in [6.07, 6.45) is -0.673. The molecule has 0 fully saturated rings. The lowest BCUT2D eigenvalue weighted by atomic mass is 10.2. The first-order chi connectivity index (χ1) is 7.58. The third kappa shape index (κ3) is 2.08. The van der Waals surface area contributed by atoms with Gasteiger partial charge in [0.15, 0.2) is 5.82 Å².